The molecule has 9 nitrogen and oxygen atoms in total. The Morgan fingerprint density at radius 2 is 1.93 bits per heavy atom. The number of aromatic nitrogens is 7. The molecule has 1 atom stereocenters. The Kier molecular flexibility index (Phi) is 4.63. The monoisotopic (exact) mass is 427 g/mol. The van der Waals surface area contributed by atoms with E-state index in [2.05, 4.69) is 30.7 Å². The summed E-state index contributed by atoms with van der Waals surface area (Å²) in [5.41, 5.74) is 7.59. The zero-order valence-corrected chi connectivity index (χ0v) is 15.3. The molecule has 0 aliphatic heterocycles. The predicted octanol–water partition coefficient (Wildman–Crippen LogP) is 2.75. The molecule has 3 N–H and O–H groups in total. The third-order valence-corrected chi connectivity index (χ3v) is 4.32. The van der Waals surface area contributed by atoms with Crippen LogP contribution in [0.2, 0.25) is 0 Å². The Bertz CT molecular complexity index is 1210. The van der Waals surface area contributed by atoms with Crippen molar-refractivity contribution in [2.75, 3.05) is 11.1 Å². The van der Waals surface area contributed by atoms with Crippen LogP contribution in [0.4, 0.5) is 33.7 Å². The van der Waals surface area contributed by atoms with E-state index in [1.54, 1.807) is 18.2 Å². The molecule has 0 spiro atoms. The molecule has 0 unspecified atom stereocenters. The fourth-order valence-electron chi connectivity index (χ4n) is 2.85. The molecule has 14 heteroatoms. The van der Waals surface area contributed by atoms with Crippen LogP contribution in [0.5, 0.6) is 0 Å². The predicted molar refractivity (Wildman–Crippen MR) is 96.9 cm³/mol. The molecule has 0 bridgehead atoms. The highest BCUT2D eigenvalue weighted by atomic mass is 19.4. The fourth-order valence-corrected chi connectivity index (χ4v) is 2.85. The number of rotatable bonds is 5. The molecule has 158 valence electrons. The summed E-state index contributed by atoms with van der Waals surface area (Å²) < 4.78 is 66.0. The number of fused-ring (bicyclic) bond motifs is 2. The largest absolute Gasteiger partial charge is 0.408 e. The van der Waals surface area contributed by atoms with Gasteiger partial charge in [0.15, 0.2) is 11.5 Å². The van der Waals surface area contributed by atoms with Gasteiger partial charge in [-0.1, -0.05) is 5.21 Å². The van der Waals surface area contributed by atoms with Gasteiger partial charge in [0.25, 0.3) is 6.43 Å². The topological polar surface area (TPSA) is 112 Å². The number of hydrogen-bond donors (Lipinski definition) is 2. The lowest BCUT2D eigenvalue weighted by Crippen LogP contribution is -2.34. The lowest BCUT2D eigenvalue weighted by molar-refractivity contribution is -0.138. The van der Waals surface area contributed by atoms with E-state index in [-0.39, 0.29) is 17.4 Å². The van der Waals surface area contributed by atoms with E-state index >= 15 is 0 Å². The van der Waals surface area contributed by atoms with E-state index in [4.69, 9.17) is 5.73 Å². The second-order valence-electron chi connectivity index (χ2n) is 6.45. The number of nitrogens with one attached hydrogen (secondary N) is 1. The Balaban J connectivity index is 1.75. The van der Waals surface area contributed by atoms with Gasteiger partial charge in [0.05, 0.1) is 5.69 Å². The van der Waals surface area contributed by atoms with Crippen molar-refractivity contribution in [3.8, 4) is 11.3 Å². The van der Waals surface area contributed by atoms with E-state index in [1.807, 2.05) is 0 Å². The summed E-state index contributed by atoms with van der Waals surface area (Å²) in [6, 6.07) is 2.87. The van der Waals surface area contributed by atoms with Crippen molar-refractivity contribution in [1.82, 2.24) is 34.6 Å². The van der Waals surface area contributed by atoms with E-state index in [0.29, 0.717) is 22.3 Å². The van der Waals surface area contributed by atoms with Gasteiger partial charge < -0.3 is 11.1 Å². The van der Waals surface area contributed by atoms with Gasteiger partial charge in [0, 0.05) is 11.8 Å². The molecule has 0 saturated carbocycles. The second-order valence-corrected chi connectivity index (χ2v) is 6.45. The summed E-state index contributed by atoms with van der Waals surface area (Å²) in [5.74, 6) is -0.377. The first-order valence-electron chi connectivity index (χ1n) is 8.60. The zero-order valence-electron chi connectivity index (χ0n) is 15.3. The maximum atomic E-state index is 12.8. The van der Waals surface area contributed by atoms with Crippen LogP contribution in [0.3, 0.4) is 0 Å². The van der Waals surface area contributed by atoms with Gasteiger partial charge in [-0.05, 0) is 25.1 Å². The number of nitrogens with zero attached hydrogens (tertiary/aromatic N) is 7. The van der Waals surface area contributed by atoms with Crippen LogP contribution in [0.25, 0.3) is 27.9 Å². The van der Waals surface area contributed by atoms with Crippen LogP contribution in [0, 0.1) is 0 Å². The quantitative estimate of drug-likeness (QED) is 0.471. The van der Waals surface area contributed by atoms with Gasteiger partial charge >= 0.3 is 6.18 Å². The molecular formula is C16H14F5N9. The molecule has 4 heterocycles. The lowest BCUT2D eigenvalue weighted by atomic mass is 10.2. The van der Waals surface area contributed by atoms with E-state index < -0.39 is 25.2 Å². The van der Waals surface area contributed by atoms with Crippen LogP contribution < -0.4 is 11.1 Å². The molecule has 4 aromatic rings. The Hall–Kier alpha value is -3.58. The summed E-state index contributed by atoms with van der Waals surface area (Å²) in [6.07, 6.45) is -5.64. The van der Waals surface area contributed by atoms with Crippen molar-refractivity contribution < 1.29 is 22.0 Å². The number of nitrogen functional groups attached to an aromatic ring is 1. The minimum Gasteiger partial charge on any atom is -0.382 e. The number of anilines is 2. The molecule has 0 amide bonds. The Morgan fingerprint density at radius 1 is 1.17 bits per heavy atom. The normalized spacial score (nSPS) is 13.4. The zero-order chi connectivity index (χ0) is 21.6. The molecule has 30 heavy (non-hydrogen) atoms. The summed E-state index contributed by atoms with van der Waals surface area (Å²) in [6.45, 7) is 0.266. The highest BCUT2D eigenvalue weighted by molar-refractivity contribution is 5.88. The highest BCUT2D eigenvalue weighted by Crippen LogP contribution is 2.29. The van der Waals surface area contributed by atoms with Crippen molar-refractivity contribution in [2.45, 2.75) is 32.1 Å². The average Bonchev–Trinajstić information content (AvgIpc) is 3.25. The third-order valence-electron chi connectivity index (χ3n) is 4.32. The van der Waals surface area contributed by atoms with Crippen molar-refractivity contribution in [1.29, 1.82) is 0 Å². The molecule has 4 rings (SSSR count). The second kappa shape index (κ2) is 7.03. The minimum atomic E-state index is -4.48. The summed E-state index contributed by atoms with van der Waals surface area (Å²) >= 11 is 0. The van der Waals surface area contributed by atoms with Crippen LogP contribution in [-0.2, 0) is 6.54 Å². The smallest absolute Gasteiger partial charge is 0.382 e. The van der Waals surface area contributed by atoms with Crippen LogP contribution in [-0.4, -0.2) is 53.2 Å². The third kappa shape index (κ3) is 3.55. The maximum Gasteiger partial charge on any atom is 0.408 e. The summed E-state index contributed by atoms with van der Waals surface area (Å²) in [4.78, 5) is 8.24. The summed E-state index contributed by atoms with van der Waals surface area (Å²) in [5, 5.41) is 13.6. The molecular weight excluding hydrogens is 413 g/mol. The van der Waals surface area contributed by atoms with Crippen molar-refractivity contribution >= 4 is 28.4 Å². The van der Waals surface area contributed by atoms with E-state index in [1.165, 1.54) is 10.7 Å². The minimum absolute atomic E-state index is 0.0806. The fraction of sp³-hybridized carbons (Fsp3) is 0.312. The molecule has 0 aromatic carbocycles. The van der Waals surface area contributed by atoms with Gasteiger partial charge in [0.2, 0.25) is 5.95 Å². The maximum absolute atomic E-state index is 12.8. The molecule has 0 aliphatic carbocycles. The van der Waals surface area contributed by atoms with E-state index in [0.717, 1.165) is 11.6 Å². The highest BCUT2D eigenvalue weighted by Gasteiger charge is 2.36. The number of alkyl halides is 5. The molecule has 0 saturated heterocycles. The van der Waals surface area contributed by atoms with Crippen molar-refractivity contribution in [3.63, 3.8) is 0 Å². The number of halogens is 5. The lowest BCUT2D eigenvalue weighted by Gasteiger charge is -2.17. The van der Waals surface area contributed by atoms with Crippen LogP contribution in [0.1, 0.15) is 6.92 Å². The van der Waals surface area contributed by atoms with Gasteiger partial charge in [-0.2, -0.15) is 18.2 Å². The van der Waals surface area contributed by atoms with Crippen LogP contribution >= 0.6 is 0 Å². The Morgan fingerprint density at radius 3 is 2.63 bits per heavy atom. The van der Waals surface area contributed by atoms with Crippen LogP contribution in [0.15, 0.2) is 24.4 Å². The first-order valence-corrected chi connectivity index (χ1v) is 8.60. The standard InChI is InChI=1S/C16H14F5N9/c1-7(16(19,20)21)23-15-25-13(22)12-8(4-5-29(12)27-15)9-2-3-10-14(24-9)30(28-26-10)6-11(17)18/h2-5,7,11H,6H2,1H3,(H3,22,23,25,27)/t7-/m1/s1. The number of nitrogens with two attached hydrogens (primary N) is 1. The Labute approximate surface area is 164 Å². The van der Waals surface area contributed by atoms with Gasteiger partial charge in [-0.3, -0.25) is 0 Å². The first-order chi connectivity index (χ1) is 14.1. The van der Waals surface area contributed by atoms with Gasteiger partial charge in [0.1, 0.15) is 23.6 Å². The number of pyridine rings is 1. The van der Waals surface area contributed by atoms with Crippen molar-refractivity contribution in [3.05, 3.63) is 24.4 Å². The van der Waals surface area contributed by atoms with Gasteiger partial charge in [-0.25, -0.2) is 23.0 Å². The number of hydrogen-bond acceptors (Lipinski definition) is 7. The molecule has 0 aliphatic rings. The average molecular weight is 427 g/mol. The van der Waals surface area contributed by atoms with Gasteiger partial charge in [-0.15, -0.1) is 10.2 Å². The SMILES string of the molecule is C[C@@H](Nc1nc(N)c2c(-c3ccc4nnn(CC(F)F)c4n3)ccn2n1)C(F)(F)F. The molecule has 4 aromatic heterocycles. The summed E-state index contributed by atoms with van der Waals surface area (Å²) in [7, 11) is 0. The first kappa shape index (κ1) is 19.7. The molecule has 0 fully saturated rings. The molecule has 0 radical (unpaired) electrons. The van der Waals surface area contributed by atoms with Crippen molar-refractivity contribution in [2.24, 2.45) is 0 Å². The van der Waals surface area contributed by atoms with E-state index in [9.17, 15) is 22.0 Å².